The highest BCUT2D eigenvalue weighted by molar-refractivity contribution is 7.92. The van der Waals surface area contributed by atoms with E-state index in [1.54, 1.807) is 30.0 Å². The summed E-state index contributed by atoms with van der Waals surface area (Å²) in [5.41, 5.74) is 0.790. The predicted octanol–water partition coefficient (Wildman–Crippen LogP) is 8.07. The molecule has 2 aliphatic heterocycles. The summed E-state index contributed by atoms with van der Waals surface area (Å²) in [5, 5.41) is 11.1. The van der Waals surface area contributed by atoms with Crippen LogP contribution >= 0.6 is 23.2 Å². The quantitative estimate of drug-likeness (QED) is 0.259. The number of aliphatic carboxylic acids is 1. The van der Waals surface area contributed by atoms with Gasteiger partial charge < -0.3 is 10.0 Å². The number of sulfonamides is 1. The van der Waals surface area contributed by atoms with Crippen LogP contribution in [0.3, 0.4) is 0 Å². The van der Waals surface area contributed by atoms with E-state index in [2.05, 4.69) is 0 Å². The molecule has 1 N–H and O–H groups in total. The first-order valence-electron chi connectivity index (χ1n) is 15.5. The molecule has 2 heterocycles. The zero-order valence-corrected chi connectivity index (χ0v) is 29.5. The number of anilines is 1. The van der Waals surface area contributed by atoms with E-state index in [1.165, 1.54) is 4.31 Å². The third kappa shape index (κ3) is 6.54. The minimum atomic E-state index is -3.98. The Kier molecular flexibility index (Phi) is 9.08. The van der Waals surface area contributed by atoms with Crippen molar-refractivity contribution in [1.29, 1.82) is 0 Å². The van der Waals surface area contributed by atoms with Gasteiger partial charge in [0.1, 0.15) is 0 Å². The van der Waals surface area contributed by atoms with Crippen molar-refractivity contribution in [1.82, 2.24) is 4.90 Å². The summed E-state index contributed by atoms with van der Waals surface area (Å²) < 4.78 is 30.6. The molecular formula is C36H42Cl2N2O5S. The molecular weight excluding hydrogens is 643 g/mol. The van der Waals surface area contributed by atoms with Crippen molar-refractivity contribution >= 4 is 50.8 Å². The highest BCUT2D eigenvalue weighted by atomic mass is 35.5. The third-order valence-electron chi connectivity index (χ3n) is 9.61. The average Bonchev–Trinajstić information content (AvgIpc) is 3.24. The fraction of sp³-hybridized carbons (Fsp3) is 0.444. The second kappa shape index (κ2) is 12.2. The Hall–Kier alpha value is -3.07. The molecule has 3 aromatic rings. The minimum Gasteiger partial charge on any atom is -0.481 e. The molecule has 0 saturated carbocycles. The molecule has 0 radical (unpaired) electrons. The normalized spacial score (nSPS) is 23.7. The van der Waals surface area contributed by atoms with Crippen LogP contribution in [0.1, 0.15) is 83.0 Å². The highest BCUT2D eigenvalue weighted by Gasteiger charge is 2.55. The zero-order chi connectivity index (χ0) is 33.8. The number of carbonyl (C=O) groups excluding carboxylic acids is 1. The molecule has 3 aromatic carbocycles. The van der Waals surface area contributed by atoms with Crippen molar-refractivity contribution in [3.63, 3.8) is 0 Å². The first kappa shape index (κ1) is 34.3. The molecule has 7 nitrogen and oxygen atoms in total. The Morgan fingerprint density at radius 3 is 2.22 bits per heavy atom. The maximum Gasteiger partial charge on any atom is 0.304 e. The van der Waals surface area contributed by atoms with Gasteiger partial charge in [-0.05, 0) is 58.9 Å². The van der Waals surface area contributed by atoms with Crippen LogP contribution in [0, 0.1) is 10.8 Å². The van der Waals surface area contributed by atoms with Gasteiger partial charge in [0.05, 0.1) is 35.4 Å². The number of fused-ring (bicyclic) bond motifs is 1. The molecule has 10 heteroatoms. The summed E-state index contributed by atoms with van der Waals surface area (Å²) in [4.78, 5) is 28.8. The smallest absolute Gasteiger partial charge is 0.304 e. The van der Waals surface area contributed by atoms with Gasteiger partial charge in [-0.15, -0.1) is 0 Å². The summed E-state index contributed by atoms with van der Waals surface area (Å²) >= 11 is 12.8. The van der Waals surface area contributed by atoms with Gasteiger partial charge in [-0.25, -0.2) is 8.42 Å². The van der Waals surface area contributed by atoms with Crippen molar-refractivity contribution in [2.75, 3.05) is 16.6 Å². The topological polar surface area (TPSA) is 95.0 Å². The summed E-state index contributed by atoms with van der Waals surface area (Å²) in [6.07, 6.45) is -0.163. The Morgan fingerprint density at radius 2 is 1.61 bits per heavy atom. The van der Waals surface area contributed by atoms with Crippen molar-refractivity contribution in [3.05, 3.63) is 99.5 Å². The first-order valence-corrected chi connectivity index (χ1v) is 17.9. The molecule has 1 amide bonds. The van der Waals surface area contributed by atoms with E-state index in [0.717, 1.165) is 16.7 Å². The van der Waals surface area contributed by atoms with Gasteiger partial charge in [0, 0.05) is 27.9 Å². The number of piperidine rings is 1. The number of carboxylic acid groups (broad SMARTS) is 1. The van der Waals surface area contributed by atoms with Crippen LogP contribution in [0.4, 0.5) is 5.69 Å². The van der Waals surface area contributed by atoms with Gasteiger partial charge >= 0.3 is 5.97 Å². The Morgan fingerprint density at radius 1 is 0.957 bits per heavy atom. The third-order valence-corrected chi connectivity index (χ3v) is 11.8. The molecule has 1 fully saturated rings. The number of hydrogen-bond acceptors (Lipinski definition) is 4. The largest absolute Gasteiger partial charge is 0.481 e. The van der Waals surface area contributed by atoms with E-state index in [0.29, 0.717) is 15.7 Å². The monoisotopic (exact) mass is 684 g/mol. The van der Waals surface area contributed by atoms with Crippen LogP contribution in [0.2, 0.25) is 10.0 Å². The molecule has 46 heavy (non-hydrogen) atoms. The molecule has 1 saturated heterocycles. The Bertz CT molecular complexity index is 1750. The number of benzene rings is 3. The van der Waals surface area contributed by atoms with Crippen LogP contribution in [0.15, 0.2) is 72.8 Å². The maximum absolute atomic E-state index is 14.9. The number of halogens is 2. The molecule has 0 unspecified atom stereocenters. The molecule has 2 aliphatic rings. The van der Waals surface area contributed by atoms with E-state index < -0.39 is 50.7 Å². The van der Waals surface area contributed by atoms with Crippen molar-refractivity contribution in [2.24, 2.45) is 10.8 Å². The molecule has 0 aromatic heterocycles. The van der Waals surface area contributed by atoms with Gasteiger partial charge in [0.15, 0.2) is 0 Å². The fourth-order valence-electron chi connectivity index (χ4n) is 7.30. The van der Waals surface area contributed by atoms with Gasteiger partial charge in [-0.3, -0.25) is 13.9 Å². The standard InChI is InChI=1S/C36H42Cl2N2O5S/c1-34(2,3)30(21-46(44,45)39-22-35(4,5)28-12-7-8-13-29(28)39)40-32(23-14-16-25(37)17-15-23)27(24-10-9-11-26(38)18-24)19-36(6,33(40)43)20-31(41)42/h7-18,27,30,32H,19-22H2,1-6H3,(H,41,42)/t27-,30-,32-,36-/m1/s1. The van der Waals surface area contributed by atoms with E-state index in [9.17, 15) is 23.1 Å². The average molecular weight is 686 g/mol. The van der Waals surface area contributed by atoms with E-state index in [1.807, 2.05) is 89.2 Å². The second-order valence-corrected chi connectivity index (χ2v) is 17.6. The number of para-hydroxylation sites is 1. The summed E-state index contributed by atoms with van der Waals surface area (Å²) in [5.74, 6) is -2.21. The summed E-state index contributed by atoms with van der Waals surface area (Å²) in [6.45, 7) is 11.8. The number of likely N-dealkylation sites (tertiary alicyclic amines) is 1. The molecule has 0 spiro atoms. The lowest BCUT2D eigenvalue weighted by atomic mass is 9.66. The van der Waals surface area contributed by atoms with Crippen molar-refractivity contribution < 1.29 is 23.1 Å². The van der Waals surface area contributed by atoms with Crippen LogP contribution in [-0.2, 0) is 25.0 Å². The van der Waals surface area contributed by atoms with Gasteiger partial charge in [-0.2, -0.15) is 0 Å². The highest BCUT2D eigenvalue weighted by Crippen LogP contribution is 2.54. The number of carbonyl (C=O) groups is 2. The number of rotatable bonds is 8. The molecule has 4 atom stereocenters. The summed E-state index contributed by atoms with van der Waals surface area (Å²) in [7, 11) is -3.98. The zero-order valence-electron chi connectivity index (χ0n) is 27.1. The van der Waals surface area contributed by atoms with Crippen LogP contribution < -0.4 is 4.31 Å². The van der Waals surface area contributed by atoms with Gasteiger partial charge in [0.2, 0.25) is 15.9 Å². The van der Waals surface area contributed by atoms with Crippen LogP contribution in [0.5, 0.6) is 0 Å². The van der Waals surface area contributed by atoms with Gasteiger partial charge in [0.25, 0.3) is 0 Å². The van der Waals surface area contributed by atoms with Crippen LogP contribution in [-0.4, -0.2) is 48.6 Å². The lowest BCUT2D eigenvalue weighted by Crippen LogP contribution is -2.61. The molecule has 5 rings (SSSR count). The van der Waals surface area contributed by atoms with E-state index in [-0.39, 0.29) is 30.5 Å². The molecule has 0 bridgehead atoms. The number of amides is 1. The number of hydrogen-bond donors (Lipinski definition) is 1. The van der Waals surface area contributed by atoms with Crippen molar-refractivity contribution in [3.8, 4) is 0 Å². The van der Waals surface area contributed by atoms with E-state index >= 15 is 0 Å². The van der Waals surface area contributed by atoms with E-state index in [4.69, 9.17) is 23.2 Å². The minimum absolute atomic E-state index is 0.236. The fourth-order valence-corrected chi connectivity index (χ4v) is 9.84. The summed E-state index contributed by atoms with van der Waals surface area (Å²) in [6, 6.07) is 20.7. The van der Waals surface area contributed by atoms with Crippen molar-refractivity contribution in [2.45, 2.75) is 77.8 Å². The molecule has 246 valence electrons. The SMILES string of the molecule is CC1(C)CN(S(=O)(=O)C[C@@H](N2C(=O)[C@@](C)(CC(=O)O)C[C@H](c3cccc(Cl)c3)[C@H]2c2ccc(Cl)cc2)C(C)(C)C)c2ccccc21. The Balaban J connectivity index is 1.70. The number of nitrogens with zero attached hydrogens (tertiary/aromatic N) is 2. The predicted molar refractivity (Wildman–Crippen MR) is 184 cm³/mol. The van der Waals surface area contributed by atoms with Crippen LogP contribution in [0.25, 0.3) is 0 Å². The Labute approximate surface area is 282 Å². The molecule has 0 aliphatic carbocycles. The van der Waals surface area contributed by atoms with Gasteiger partial charge in [-0.1, -0.05) is 107 Å². The lowest BCUT2D eigenvalue weighted by Gasteiger charge is -2.54. The number of carboxylic acids is 1. The lowest BCUT2D eigenvalue weighted by molar-refractivity contribution is -0.162. The maximum atomic E-state index is 14.9. The first-order chi connectivity index (χ1) is 21.3. The second-order valence-electron chi connectivity index (χ2n) is 14.8.